The van der Waals surface area contributed by atoms with E-state index in [4.69, 9.17) is 4.74 Å². The molecule has 0 spiro atoms. The van der Waals surface area contributed by atoms with Gasteiger partial charge in [0, 0.05) is 42.9 Å². The molecule has 0 aliphatic rings. The highest BCUT2D eigenvalue weighted by atomic mass is 127. The Morgan fingerprint density at radius 3 is 2.83 bits per heavy atom. The van der Waals surface area contributed by atoms with Gasteiger partial charge in [0.05, 0.1) is 0 Å². The third kappa shape index (κ3) is 6.54. The van der Waals surface area contributed by atoms with E-state index in [1.807, 2.05) is 25.1 Å². The zero-order valence-corrected chi connectivity index (χ0v) is 17.3. The summed E-state index contributed by atoms with van der Waals surface area (Å²) in [6.07, 6.45) is 0.377. The molecule has 0 fully saturated rings. The number of guanidine groups is 1. The maximum atomic E-state index is 10.4. The van der Waals surface area contributed by atoms with Crippen molar-refractivity contribution in [2.75, 3.05) is 33.4 Å². The van der Waals surface area contributed by atoms with E-state index in [1.54, 1.807) is 18.4 Å². The molecule has 24 heavy (non-hydrogen) atoms. The Bertz CT molecular complexity index is 600. The lowest BCUT2D eigenvalue weighted by molar-refractivity contribution is 0.145. The van der Waals surface area contributed by atoms with E-state index in [9.17, 15) is 5.11 Å². The molecule has 134 valence electrons. The average Bonchev–Trinajstić information content (AvgIpc) is 3.01. The summed E-state index contributed by atoms with van der Waals surface area (Å²) in [5.74, 6) is 0.696. The van der Waals surface area contributed by atoms with Crippen molar-refractivity contribution in [3.63, 3.8) is 0 Å². The van der Waals surface area contributed by atoms with Gasteiger partial charge in [-0.2, -0.15) is 0 Å². The molecule has 0 saturated carbocycles. The average molecular weight is 463 g/mol. The Morgan fingerprint density at radius 1 is 1.33 bits per heavy atom. The predicted molar refractivity (Wildman–Crippen MR) is 113 cm³/mol. The van der Waals surface area contributed by atoms with Crippen LogP contribution in [0.5, 0.6) is 0 Å². The molecule has 1 heterocycles. The summed E-state index contributed by atoms with van der Waals surface area (Å²) in [5, 5.41) is 17.9. The zero-order chi connectivity index (χ0) is 16.5. The number of aliphatic hydroxyl groups excluding tert-OH is 1. The molecule has 1 unspecified atom stereocenters. The lowest BCUT2D eigenvalue weighted by atomic mass is 10.2. The van der Waals surface area contributed by atoms with Gasteiger partial charge in [-0.25, -0.2) is 0 Å². The zero-order valence-electron chi connectivity index (χ0n) is 14.1. The number of rotatable bonds is 8. The molecule has 1 aromatic carbocycles. The van der Waals surface area contributed by atoms with Gasteiger partial charge in [0.25, 0.3) is 0 Å². The molecule has 7 heteroatoms. The van der Waals surface area contributed by atoms with E-state index < -0.39 is 6.10 Å². The minimum Gasteiger partial charge on any atom is -0.386 e. The maximum absolute atomic E-state index is 10.4. The first kappa shape index (κ1) is 21.1. The molecule has 1 atom stereocenters. The number of halogens is 1. The summed E-state index contributed by atoms with van der Waals surface area (Å²) in [6.45, 7) is 4.69. The maximum Gasteiger partial charge on any atom is 0.191 e. The number of hydrogen-bond donors (Lipinski definition) is 3. The van der Waals surface area contributed by atoms with Crippen molar-refractivity contribution >= 4 is 51.4 Å². The molecule has 0 radical (unpaired) electrons. The highest BCUT2D eigenvalue weighted by Crippen LogP contribution is 2.29. The standard InChI is InChI=1S/C17H25N3O2S.HI/c1-3-22-10-6-9-19-17(18-2)20-12-14(21)16-11-13-7-4-5-8-15(13)23-16;/h4-5,7-8,11,14,21H,3,6,9-10,12H2,1-2H3,(H2,18,19,20);1H. The fraction of sp³-hybridized carbons (Fsp3) is 0.471. The molecule has 0 bridgehead atoms. The van der Waals surface area contributed by atoms with Crippen molar-refractivity contribution in [2.24, 2.45) is 4.99 Å². The first-order valence-corrected chi connectivity index (χ1v) is 8.75. The molecular formula is C17H26IN3O2S. The van der Waals surface area contributed by atoms with E-state index >= 15 is 0 Å². The largest absolute Gasteiger partial charge is 0.386 e. The summed E-state index contributed by atoms with van der Waals surface area (Å²) < 4.78 is 6.49. The second-order valence-corrected chi connectivity index (χ2v) is 6.25. The highest BCUT2D eigenvalue weighted by molar-refractivity contribution is 14.0. The minimum atomic E-state index is -0.547. The predicted octanol–water partition coefficient (Wildman–Crippen LogP) is 3.14. The normalized spacial score (nSPS) is 12.7. The monoisotopic (exact) mass is 463 g/mol. The third-order valence-electron chi connectivity index (χ3n) is 3.42. The number of ether oxygens (including phenoxy) is 1. The molecule has 5 nitrogen and oxygen atoms in total. The van der Waals surface area contributed by atoms with E-state index in [-0.39, 0.29) is 24.0 Å². The molecule has 2 rings (SSSR count). The molecule has 2 aromatic rings. The van der Waals surface area contributed by atoms with Crippen LogP contribution < -0.4 is 10.6 Å². The number of thiophene rings is 1. The van der Waals surface area contributed by atoms with Crippen molar-refractivity contribution in [1.82, 2.24) is 10.6 Å². The molecule has 0 saturated heterocycles. The molecule has 0 amide bonds. The first-order chi connectivity index (χ1) is 11.2. The van der Waals surface area contributed by atoms with Crippen LogP contribution in [0.3, 0.4) is 0 Å². The van der Waals surface area contributed by atoms with Crippen LogP contribution in [0.2, 0.25) is 0 Å². The van der Waals surface area contributed by atoms with Gasteiger partial charge in [-0.3, -0.25) is 4.99 Å². The Balaban J connectivity index is 0.00000288. The molecule has 0 aliphatic heterocycles. The fourth-order valence-electron chi connectivity index (χ4n) is 2.21. The van der Waals surface area contributed by atoms with Crippen LogP contribution in [0.4, 0.5) is 0 Å². The molecule has 3 N–H and O–H groups in total. The van der Waals surface area contributed by atoms with Crippen LogP contribution in [0.1, 0.15) is 24.3 Å². The van der Waals surface area contributed by atoms with Crippen molar-refractivity contribution < 1.29 is 9.84 Å². The van der Waals surface area contributed by atoms with Gasteiger partial charge in [-0.05, 0) is 30.9 Å². The number of aliphatic hydroxyl groups is 1. The lowest BCUT2D eigenvalue weighted by Crippen LogP contribution is -2.39. The van der Waals surface area contributed by atoms with E-state index in [0.29, 0.717) is 12.5 Å². The fourth-order valence-corrected chi connectivity index (χ4v) is 3.26. The molecular weight excluding hydrogens is 437 g/mol. The van der Waals surface area contributed by atoms with Crippen LogP contribution in [0.25, 0.3) is 10.1 Å². The first-order valence-electron chi connectivity index (χ1n) is 7.93. The second kappa shape index (κ2) is 11.6. The van der Waals surface area contributed by atoms with E-state index in [2.05, 4.69) is 27.8 Å². The van der Waals surface area contributed by atoms with Crippen molar-refractivity contribution in [1.29, 1.82) is 0 Å². The summed E-state index contributed by atoms with van der Waals surface area (Å²) >= 11 is 1.62. The number of hydrogen-bond acceptors (Lipinski definition) is 4. The summed E-state index contributed by atoms with van der Waals surface area (Å²) in [5.41, 5.74) is 0. The van der Waals surface area contributed by atoms with Crippen molar-refractivity contribution in [3.05, 3.63) is 35.2 Å². The quantitative estimate of drug-likeness (QED) is 0.244. The SMILES string of the molecule is CCOCCCNC(=NC)NCC(O)c1cc2ccccc2s1.I. The topological polar surface area (TPSA) is 65.9 Å². The Kier molecular flexibility index (Phi) is 10.2. The Hall–Kier alpha value is -0.900. The smallest absolute Gasteiger partial charge is 0.191 e. The van der Waals surface area contributed by atoms with E-state index in [0.717, 1.165) is 31.1 Å². The van der Waals surface area contributed by atoms with Crippen LogP contribution in [0, 0.1) is 0 Å². The van der Waals surface area contributed by atoms with Crippen LogP contribution in [-0.2, 0) is 4.74 Å². The van der Waals surface area contributed by atoms with Gasteiger partial charge in [0.2, 0.25) is 0 Å². The van der Waals surface area contributed by atoms with Crippen LogP contribution >= 0.6 is 35.3 Å². The Labute approximate surface area is 164 Å². The van der Waals surface area contributed by atoms with Gasteiger partial charge < -0.3 is 20.5 Å². The Morgan fingerprint density at radius 2 is 2.12 bits per heavy atom. The minimum absolute atomic E-state index is 0. The number of fused-ring (bicyclic) bond motifs is 1. The summed E-state index contributed by atoms with van der Waals surface area (Å²) in [6, 6.07) is 10.2. The number of nitrogens with one attached hydrogen (secondary N) is 2. The number of benzene rings is 1. The van der Waals surface area contributed by atoms with Crippen molar-refractivity contribution in [2.45, 2.75) is 19.4 Å². The summed E-state index contributed by atoms with van der Waals surface area (Å²) in [4.78, 5) is 5.12. The van der Waals surface area contributed by atoms with Gasteiger partial charge >= 0.3 is 0 Å². The van der Waals surface area contributed by atoms with E-state index in [1.165, 1.54) is 10.1 Å². The highest BCUT2D eigenvalue weighted by Gasteiger charge is 2.11. The molecule has 1 aromatic heterocycles. The number of nitrogens with zero attached hydrogens (tertiary/aromatic N) is 1. The second-order valence-electron chi connectivity index (χ2n) is 5.13. The third-order valence-corrected chi connectivity index (χ3v) is 4.64. The van der Waals surface area contributed by atoms with Crippen LogP contribution in [0.15, 0.2) is 35.3 Å². The van der Waals surface area contributed by atoms with Gasteiger partial charge in [-0.15, -0.1) is 35.3 Å². The van der Waals surface area contributed by atoms with Gasteiger partial charge in [0.15, 0.2) is 5.96 Å². The number of aliphatic imine (C=N–C) groups is 1. The lowest BCUT2D eigenvalue weighted by Gasteiger charge is -2.14. The molecule has 0 aliphatic carbocycles. The summed E-state index contributed by atoms with van der Waals surface area (Å²) in [7, 11) is 1.73. The van der Waals surface area contributed by atoms with Crippen molar-refractivity contribution in [3.8, 4) is 0 Å². The van der Waals surface area contributed by atoms with Gasteiger partial charge in [0.1, 0.15) is 6.10 Å². The van der Waals surface area contributed by atoms with Crippen LogP contribution in [-0.4, -0.2) is 44.4 Å². The van der Waals surface area contributed by atoms with Gasteiger partial charge in [-0.1, -0.05) is 18.2 Å².